The molecule has 1 aliphatic carbocycles. The molecule has 1 N–H and O–H groups in total. The van der Waals surface area contributed by atoms with Crippen LogP contribution < -0.4 is 10.1 Å². The fourth-order valence-corrected chi connectivity index (χ4v) is 4.83. The predicted molar refractivity (Wildman–Crippen MR) is 128 cm³/mol. The second-order valence-corrected chi connectivity index (χ2v) is 9.07. The monoisotopic (exact) mass is 450 g/mol. The number of benzene rings is 2. The quantitative estimate of drug-likeness (QED) is 0.479. The van der Waals surface area contributed by atoms with E-state index in [2.05, 4.69) is 34.6 Å². The first-order chi connectivity index (χ1) is 15.6. The van der Waals surface area contributed by atoms with Crippen molar-refractivity contribution in [3.8, 4) is 22.8 Å². The van der Waals surface area contributed by atoms with Crippen molar-refractivity contribution in [1.29, 1.82) is 0 Å². The summed E-state index contributed by atoms with van der Waals surface area (Å²) in [6.45, 7) is 4.65. The van der Waals surface area contributed by atoms with Gasteiger partial charge in [-0.3, -0.25) is 9.36 Å². The van der Waals surface area contributed by atoms with Crippen LogP contribution in [-0.4, -0.2) is 39.1 Å². The fourth-order valence-electron chi connectivity index (χ4n) is 4.07. The molecular weight excluding hydrogens is 420 g/mol. The first-order valence-electron chi connectivity index (χ1n) is 11.3. The molecule has 32 heavy (non-hydrogen) atoms. The summed E-state index contributed by atoms with van der Waals surface area (Å²) >= 11 is 1.42. The van der Waals surface area contributed by atoms with Gasteiger partial charge >= 0.3 is 0 Å². The number of nitrogens with zero attached hydrogens (tertiary/aromatic N) is 3. The van der Waals surface area contributed by atoms with E-state index in [1.807, 2.05) is 47.9 Å². The maximum atomic E-state index is 12.6. The molecule has 0 unspecified atom stereocenters. The summed E-state index contributed by atoms with van der Waals surface area (Å²) in [5.41, 5.74) is 3.08. The average Bonchev–Trinajstić information content (AvgIpc) is 3.23. The van der Waals surface area contributed by atoms with Gasteiger partial charge in [0.05, 0.1) is 12.4 Å². The van der Waals surface area contributed by atoms with Gasteiger partial charge in [-0.15, -0.1) is 10.2 Å². The first-order valence-corrected chi connectivity index (χ1v) is 12.3. The maximum absolute atomic E-state index is 12.6. The molecule has 4 rings (SSSR count). The lowest BCUT2D eigenvalue weighted by Gasteiger charge is -2.22. The minimum atomic E-state index is 0.0558. The molecule has 1 saturated carbocycles. The Kier molecular flexibility index (Phi) is 7.47. The Balaban J connectivity index is 1.58. The van der Waals surface area contributed by atoms with Gasteiger partial charge in [-0.2, -0.15) is 0 Å². The number of aromatic nitrogens is 3. The van der Waals surface area contributed by atoms with Gasteiger partial charge in [0, 0.05) is 17.3 Å². The van der Waals surface area contributed by atoms with Crippen LogP contribution in [0.25, 0.3) is 17.1 Å². The van der Waals surface area contributed by atoms with Crippen molar-refractivity contribution >= 4 is 17.7 Å². The summed E-state index contributed by atoms with van der Waals surface area (Å²) in [5, 5.41) is 12.8. The van der Waals surface area contributed by atoms with Crippen molar-refractivity contribution in [2.75, 3.05) is 12.4 Å². The molecule has 1 amide bonds. The van der Waals surface area contributed by atoms with Gasteiger partial charge in [-0.05, 0) is 57.0 Å². The highest BCUT2D eigenvalue weighted by molar-refractivity contribution is 7.99. The van der Waals surface area contributed by atoms with Crippen LogP contribution in [0.5, 0.6) is 5.75 Å². The molecule has 0 saturated heterocycles. The number of nitrogens with one attached hydrogen (secondary N) is 1. The van der Waals surface area contributed by atoms with Crippen LogP contribution >= 0.6 is 11.8 Å². The maximum Gasteiger partial charge on any atom is 0.230 e. The Labute approximate surface area is 193 Å². The van der Waals surface area contributed by atoms with Crippen LogP contribution in [0, 0.1) is 6.92 Å². The van der Waals surface area contributed by atoms with Crippen LogP contribution in [-0.2, 0) is 4.79 Å². The van der Waals surface area contributed by atoms with Crippen LogP contribution in [0.3, 0.4) is 0 Å². The molecular formula is C25H30N4O2S. The lowest BCUT2D eigenvalue weighted by Crippen LogP contribution is -2.37. The number of ether oxygens (including phenoxy) is 1. The summed E-state index contributed by atoms with van der Waals surface area (Å²) in [4.78, 5) is 12.6. The van der Waals surface area contributed by atoms with E-state index in [4.69, 9.17) is 4.74 Å². The van der Waals surface area contributed by atoms with E-state index in [9.17, 15) is 4.79 Å². The zero-order valence-electron chi connectivity index (χ0n) is 18.7. The second kappa shape index (κ2) is 10.7. The highest BCUT2D eigenvalue weighted by Crippen LogP contribution is 2.29. The van der Waals surface area contributed by atoms with Crippen molar-refractivity contribution in [3.63, 3.8) is 0 Å². The highest BCUT2D eigenvalue weighted by atomic mass is 32.2. The Morgan fingerprint density at radius 1 is 1.12 bits per heavy atom. The Morgan fingerprint density at radius 2 is 1.91 bits per heavy atom. The molecule has 7 heteroatoms. The Hall–Kier alpha value is -2.80. The van der Waals surface area contributed by atoms with Gasteiger partial charge in [0.25, 0.3) is 0 Å². The molecule has 6 nitrogen and oxygen atoms in total. The van der Waals surface area contributed by atoms with Crippen LogP contribution in [0.15, 0.2) is 53.7 Å². The molecule has 0 bridgehead atoms. The number of carbonyl (C=O) groups excluding carboxylic acids is 1. The van der Waals surface area contributed by atoms with Crippen molar-refractivity contribution in [3.05, 3.63) is 54.1 Å². The van der Waals surface area contributed by atoms with E-state index in [1.165, 1.54) is 31.0 Å². The van der Waals surface area contributed by atoms with Crippen molar-refractivity contribution in [1.82, 2.24) is 20.1 Å². The number of hydrogen-bond acceptors (Lipinski definition) is 5. The van der Waals surface area contributed by atoms with E-state index in [-0.39, 0.29) is 5.91 Å². The summed E-state index contributed by atoms with van der Waals surface area (Å²) < 4.78 is 7.61. The molecule has 1 aromatic heterocycles. The predicted octanol–water partition coefficient (Wildman–Crippen LogP) is 5.18. The number of thioether (sulfide) groups is 1. The van der Waals surface area contributed by atoms with Gasteiger partial charge in [-0.1, -0.05) is 54.8 Å². The third kappa shape index (κ3) is 5.51. The number of aryl methyl sites for hydroxylation is 1. The highest BCUT2D eigenvalue weighted by Gasteiger charge is 2.19. The zero-order valence-corrected chi connectivity index (χ0v) is 19.5. The van der Waals surface area contributed by atoms with Gasteiger partial charge in [0.15, 0.2) is 11.0 Å². The lowest BCUT2D eigenvalue weighted by molar-refractivity contribution is -0.119. The molecule has 1 heterocycles. The fraction of sp³-hybridized carbons (Fsp3) is 0.400. The minimum Gasteiger partial charge on any atom is -0.494 e. The second-order valence-electron chi connectivity index (χ2n) is 8.13. The van der Waals surface area contributed by atoms with Gasteiger partial charge < -0.3 is 10.1 Å². The molecule has 0 spiro atoms. The van der Waals surface area contributed by atoms with Gasteiger partial charge in [0.1, 0.15) is 5.75 Å². The van der Waals surface area contributed by atoms with E-state index >= 15 is 0 Å². The third-order valence-electron chi connectivity index (χ3n) is 5.62. The molecule has 0 aliphatic heterocycles. The minimum absolute atomic E-state index is 0.0558. The molecule has 0 radical (unpaired) electrons. The van der Waals surface area contributed by atoms with E-state index in [1.54, 1.807) is 0 Å². The molecule has 0 atom stereocenters. The average molecular weight is 451 g/mol. The molecule has 2 aromatic carbocycles. The van der Waals surface area contributed by atoms with Crippen LogP contribution in [0.2, 0.25) is 0 Å². The summed E-state index contributed by atoms with van der Waals surface area (Å²) in [6.07, 6.45) is 5.83. The van der Waals surface area contributed by atoms with E-state index < -0.39 is 0 Å². The number of rotatable bonds is 8. The van der Waals surface area contributed by atoms with Crippen LogP contribution in [0.4, 0.5) is 0 Å². The number of amides is 1. The smallest absolute Gasteiger partial charge is 0.230 e. The normalized spacial score (nSPS) is 14.3. The first kappa shape index (κ1) is 22.4. The van der Waals surface area contributed by atoms with Crippen molar-refractivity contribution in [2.45, 2.75) is 57.1 Å². The molecule has 1 fully saturated rings. The van der Waals surface area contributed by atoms with Crippen molar-refractivity contribution < 1.29 is 9.53 Å². The molecule has 168 valence electrons. The van der Waals surface area contributed by atoms with Gasteiger partial charge in [-0.25, -0.2) is 0 Å². The molecule has 3 aromatic rings. The Morgan fingerprint density at radius 3 is 2.62 bits per heavy atom. The lowest BCUT2D eigenvalue weighted by atomic mass is 9.95. The van der Waals surface area contributed by atoms with Crippen molar-refractivity contribution in [2.24, 2.45) is 0 Å². The topological polar surface area (TPSA) is 69.0 Å². The Bertz CT molecular complexity index is 1040. The largest absolute Gasteiger partial charge is 0.494 e. The summed E-state index contributed by atoms with van der Waals surface area (Å²) in [6, 6.07) is 16.4. The van der Waals surface area contributed by atoms with E-state index in [0.717, 1.165) is 41.2 Å². The summed E-state index contributed by atoms with van der Waals surface area (Å²) in [7, 11) is 0. The number of hydrogen-bond donors (Lipinski definition) is 1. The summed E-state index contributed by atoms with van der Waals surface area (Å²) in [5.74, 6) is 1.95. The number of carbonyl (C=O) groups is 1. The van der Waals surface area contributed by atoms with Gasteiger partial charge in [0.2, 0.25) is 5.91 Å². The third-order valence-corrected chi connectivity index (χ3v) is 6.55. The van der Waals surface area contributed by atoms with Crippen LogP contribution in [0.1, 0.15) is 44.6 Å². The molecule has 1 aliphatic rings. The zero-order chi connectivity index (χ0) is 22.3. The SMILES string of the molecule is CCOc1ccc(-n2c(SCC(=O)NC3CCCCC3)nnc2-c2cccc(C)c2)cc1. The standard InChI is InChI=1S/C25H30N4O2S/c1-3-31-22-14-12-21(13-15-22)29-24(19-9-7-8-18(2)16-19)27-28-25(29)32-17-23(30)26-20-10-5-4-6-11-20/h7-9,12-16,20H,3-6,10-11,17H2,1-2H3,(H,26,30). The van der Waals surface area contributed by atoms with E-state index in [0.29, 0.717) is 23.6 Å².